The molecule has 2 aliphatic rings. The highest BCUT2D eigenvalue weighted by molar-refractivity contribution is 6.02. The van der Waals surface area contributed by atoms with E-state index in [4.69, 9.17) is 14.6 Å². The van der Waals surface area contributed by atoms with E-state index in [9.17, 15) is 0 Å². The molecule has 2 atom stereocenters. The van der Waals surface area contributed by atoms with E-state index < -0.39 is 0 Å². The number of hydrazone groups is 1. The van der Waals surface area contributed by atoms with Crippen molar-refractivity contribution in [1.82, 2.24) is 5.01 Å². The van der Waals surface area contributed by atoms with Crippen LogP contribution in [0.15, 0.2) is 77.9 Å². The molecule has 0 aliphatic carbocycles. The molecule has 0 aromatic heterocycles. The first-order valence-corrected chi connectivity index (χ1v) is 9.55. The predicted octanol–water partition coefficient (Wildman–Crippen LogP) is 5.25. The number of hydrogen-bond acceptors (Lipinski definition) is 4. The predicted molar refractivity (Wildman–Crippen MR) is 110 cm³/mol. The molecule has 3 aromatic rings. The quantitative estimate of drug-likeness (QED) is 0.632. The summed E-state index contributed by atoms with van der Waals surface area (Å²) in [5, 5.41) is 7.11. The van der Waals surface area contributed by atoms with Gasteiger partial charge in [-0.15, -0.1) is 0 Å². The molecule has 28 heavy (non-hydrogen) atoms. The van der Waals surface area contributed by atoms with Crippen LogP contribution in [0.4, 0.5) is 0 Å². The van der Waals surface area contributed by atoms with E-state index in [1.54, 1.807) is 7.11 Å². The van der Waals surface area contributed by atoms with E-state index in [1.165, 1.54) is 16.7 Å². The van der Waals surface area contributed by atoms with Gasteiger partial charge in [0.05, 0.1) is 18.9 Å². The molecular formula is C24H22N2O2. The number of benzene rings is 3. The third kappa shape index (κ3) is 2.82. The van der Waals surface area contributed by atoms with Gasteiger partial charge in [0.15, 0.2) is 0 Å². The molecule has 0 spiro atoms. The van der Waals surface area contributed by atoms with Gasteiger partial charge < -0.3 is 9.47 Å². The number of aryl methyl sites for hydroxylation is 1. The number of methoxy groups -OCH3 is 1. The van der Waals surface area contributed by atoms with Crippen LogP contribution in [0.1, 0.15) is 40.9 Å². The Morgan fingerprint density at radius 2 is 1.82 bits per heavy atom. The van der Waals surface area contributed by atoms with Gasteiger partial charge in [0, 0.05) is 17.5 Å². The Kier molecular flexibility index (Phi) is 4.05. The summed E-state index contributed by atoms with van der Waals surface area (Å²) in [5.41, 5.74) is 5.74. The standard InChI is InChI=1S/C24H22N2O2/c1-16-10-12-17(13-11-16)21-15-22-20-8-3-4-9-23(20)28-24(26(22)25-21)18-6-5-7-19(14-18)27-2/h3-14,22,24H,15H2,1-2H3. The second-order valence-electron chi connectivity index (χ2n) is 7.30. The topological polar surface area (TPSA) is 34.1 Å². The van der Waals surface area contributed by atoms with Crippen LogP contribution >= 0.6 is 0 Å². The van der Waals surface area contributed by atoms with Crippen molar-refractivity contribution in [2.75, 3.05) is 7.11 Å². The van der Waals surface area contributed by atoms with Gasteiger partial charge in [-0.1, -0.05) is 60.2 Å². The molecule has 4 nitrogen and oxygen atoms in total. The van der Waals surface area contributed by atoms with Gasteiger partial charge in [-0.25, -0.2) is 5.01 Å². The average Bonchev–Trinajstić information content (AvgIpc) is 3.19. The lowest BCUT2D eigenvalue weighted by Gasteiger charge is -2.38. The average molecular weight is 370 g/mol. The highest BCUT2D eigenvalue weighted by Gasteiger charge is 2.40. The lowest BCUT2D eigenvalue weighted by atomic mass is 9.95. The Balaban J connectivity index is 1.59. The molecule has 2 aliphatic heterocycles. The van der Waals surface area contributed by atoms with Gasteiger partial charge in [-0.05, 0) is 30.7 Å². The van der Waals surface area contributed by atoms with Crippen LogP contribution in [-0.4, -0.2) is 17.8 Å². The minimum Gasteiger partial charge on any atom is -0.497 e. The Hall–Kier alpha value is -3.27. The first kappa shape index (κ1) is 16.9. The fourth-order valence-electron chi connectivity index (χ4n) is 3.97. The molecule has 140 valence electrons. The summed E-state index contributed by atoms with van der Waals surface area (Å²) < 4.78 is 11.8. The van der Waals surface area contributed by atoms with Crippen molar-refractivity contribution in [3.8, 4) is 11.5 Å². The third-order valence-electron chi connectivity index (χ3n) is 5.46. The second kappa shape index (κ2) is 6.71. The SMILES string of the molecule is COc1cccc(C2Oc3ccccc3C3CC(c4ccc(C)cc4)=NN32)c1. The maximum Gasteiger partial charge on any atom is 0.214 e. The minimum atomic E-state index is -0.280. The first-order chi connectivity index (χ1) is 13.7. The number of rotatable bonds is 3. The summed E-state index contributed by atoms with van der Waals surface area (Å²) in [5.74, 6) is 1.75. The first-order valence-electron chi connectivity index (χ1n) is 9.55. The smallest absolute Gasteiger partial charge is 0.214 e. The number of fused-ring (bicyclic) bond motifs is 3. The zero-order chi connectivity index (χ0) is 19.1. The summed E-state index contributed by atoms with van der Waals surface area (Å²) in [6.07, 6.45) is 0.585. The number of ether oxygens (including phenoxy) is 2. The Bertz CT molecular complexity index is 1040. The molecule has 0 saturated heterocycles. The molecular weight excluding hydrogens is 348 g/mol. The lowest BCUT2D eigenvalue weighted by molar-refractivity contribution is -0.0191. The van der Waals surface area contributed by atoms with E-state index in [1.807, 2.05) is 30.3 Å². The molecule has 0 radical (unpaired) electrons. The zero-order valence-electron chi connectivity index (χ0n) is 16.0. The molecule has 3 aromatic carbocycles. The zero-order valence-corrected chi connectivity index (χ0v) is 16.0. The van der Waals surface area contributed by atoms with Crippen LogP contribution in [0, 0.1) is 6.92 Å². The van der Waals surface area contributed by atoms with E-state index in [2.05, 4.69) is 54.4 Å². The van der Waals surface area contributed by atoms with Gasteiger partial charge in [0.25, 0.3) is 0 Å². The summed E-state index contributed by atoms with van der Waals surface area (Å²) in [6, 6.07) is 25.1. The molecule has 0 bridgehead atoms. The monoisotopic (exact) mass is 370 g/mol. The van der Waals surface area contributed by atoms with Gasteiger partial charge in [0.1, 0.15) is 11.5 Å². The van der Waals surface area contributed by atoms with Crippen LogP contribution in [0.5, 0.6) is 11.5 Å². The van der Waals surface area contributed by atoms with Crippen molar-refractivity contribution in [1.29, 1.82) is 0 Å². The molecule has 5 rings (SSSR count). The van der Waals surface area contributed by atoms with E-state index in [0.29, 0.717) is 0 Å². The van der Waals surface area contributed by atoms with Crippen LogP contribution in [0.25, 0.3) is 0 Å². The van der Waals surface area contributed by atoms with Gasteiger partial charge in [0.2, 0.25) is 6.23 Å². The van der Waals surface area contributed by atoms with Crippen molar-refractivity contribution in [2.24, 2.45) is 5.10 Å². The number of hydrogen-bond donors (Lipinski definition) is 0. The third-order valence-corrected chi connectivity index (χ3v) is 5.46. The van der Waals surface area contributed by atoms with Crippen molar-refractivity contribution < 1.29 is 9.47 Å². The summed E-state index contributed by atoms with van der Waals surface area (Å²) >= 11 is 0. The Morgan fingerprint density at radius 1 is 1.00 bits per heavy atom. The fourth-order valence-corrected chi connectivity index (χ4v) is 3.97. The highest BCUT2D eigenvalue weighted by atomic mass is 16.5. The summed E-state index contributed by atoms with van der Waals surface area (Å²) in [7, 11) is 1.68. The largest absolute Gasteiger partial charge is 0.497 e. The maximum atomic E-state index is 6.40. The molecule has 0 saturated carbocycles. The van der Waals surface area contributed by atoms with Crippen molar-refractivity contribution in [3.05, 3.63) is 95.1 Å². The second-order valence-corrected chi connectivity index (χ2v) is 7.30. The molecule has 2 unspecified atom stereocenters. The molecule has 2 heterocycles. The maximum absolute atomic E-state index is 6.40. The molecule has 0 N–H and O–H groups in total. The fraction of sp³-hybridized carbons (Fsp3) is 0.208. The summed E-state index contributed by atoms with van der Waals surface area (Å²) in [4.78, 5) is 0. The minimum absolute atomic E-state index is 0.164. The van der Waals surface area contributed by atoms with Crippen LogP contribution in [0.2, 0.25) is 0 Å². The number of nitrogens with zero attached hydrogens (tertiary/aromatic N) is 2. The van der Waals surface area contributed by atoms with Gasteiger partial charge in [-0.3, -0.25) is 0 Å². The van der Waals surface area contributed by atoms with E-state index in [-0.39, 0.29) is 12.3 Å². The molecule has 4 heteroatoms. The van der Waals surface area contributed by atoms with Crippen molar-refractivity contribution in [3.63, 3.8) is 0 Å². The van der Waals surface area contributed by atoms with Crippen molar-refractivity contribution >= 4 is 5.71 Å². The number of para-hydroxylation sites is 1. The van der Waals surface area contributed by atoms with E-state index in [0.717, 1.165) is 29.2 Å². The Labute approximate surface area is 165 Å². The van der Waals surface area contributed by atoms with Crippen LogP contribution in [0.3, 0.4) is 0 Å². The normalized spacial score (nSPS) is 20.1. The molecule has 0 fully saturated rings. The Morgan fingerprint density at radius 3 is 2.64 bits per heavy atom. The van der Waals surface area contributed by atoms with Gasteiger partial charge >= 0.3 is 0 Å². The van der Waals surface area contributed by atoms with Crippen molar-refractivity contribution in [2.45, 2.75) is 25.6 Å². The lowest BCUT2D eigenvalue weighted by Crippen LogP contribution is -2.33. The highest BCUT2D eigenvalue weighted by Crippen LogP contribution is 2.47. The van der Waals surface area contributed by atoms with Crippen LogP contribution < -0.4 is 9.47 Å². The van der Waals surface area contributed by atoms with Gasteiger partial charge in [-0.2, -0.15) is 5.10 Å². The van der Waals surface area contributed by atoms with E-state index >= 15 is 0 Å². The summed E-state index contributed by atoms with van der Waals surface area (Å²) in [6.45, 7) is 2.10. The molecule has 0 amide bonds. The van der Waals surface area contributed by atoms with Crippen LogP contribution in [-0.2, 0) is 0 Å².